The Bertz CT molecular complexity index is 3220. The largest absolute Gasteiger partial charge is 1.00 e. The number of pyridine rings is 3. The molecule has 3 fully saturated rings. The normalized spacial score (nSPS) is 18.7. The average molecular weight is 1480 g/mol. The Labute approximate surface area is 594 Å². The molecule has 22 heteroatoms. The Hall–Kier alpha value is -6.65. The zero-order valence-electron chi connectivity index (χ0n) is 60.0. The summed E-state index contributed by atoms with van der Waals surface area (Å²) >= 11 is 3.36. The summed E-state index contributed by atoms with van der Waals surface area (Å²) < 4.78 is 57.8. The maximum Gasteiger partial charge on any atom is 0.471 e. The van der Waals surface area contributed by atoms with Crippen LogP contribution in [0.25, 0.3) is 0 Å². The first-order valence-electron chi connectivity index (χ1n) is 33.5. The number of benzene rings is 2. The number of carbonyl (C=O) groups excluding carboxylic acids is 5. The smallest absolute Gasteiger partial charge is 0.471 e. The van der Waals surface area contributed by atoms with Crippen LogP contribution in [0.3, 0.4) is 0 Å². The fraction of sp³-hybridized carbons (Fsp3) is 0.573. The van der Waals surface area contributed by atoms with Crippen LogP contribution in [0.5, 0.6) is 0 Å². The molecule has 0 bridgehead atoms. The highest BCUT2D eigenvalue weighted by Gasteiger charge is 2.46. The number of hydrogen-bond donors (Lipinski definition) is 3. The second-order valence-electron chi connectivity index (χ2n) is 30.5. The molecule has 3 unspecified atom stereocenters. The van der Waals surface area contributed by atoms with Crippen LogP contribution in [-0.4, -0.2) is 114 Å². The summed E-state index contributed by atoms with van der Waals surface area (Å²) in [7, 11) is 0. The molecule has 4 N–H and O–H groups in total. The van der Waals surface area contributed by atoms with Gasteiger partial charge in [0.05, 0.1) is 12.1 Å². The van der Waals surface area contributed by atoms with E-state index in [1.54, 1.807) is 54.2 Å². The summed E-state index contributed by atoms with van der Waals surface area (Å²) in [6.07, 6.45) is 11.9. The Morgan fingerprint density at radius 1 is 0.546 bits per heavy atom. The zero-order chi connectivity index (χ0) is 71.5. The lowest BCUT2D eigenvalue weighted by molar-refractivity contribution is -0.688. The quantitative estimate of drug-likeness (QED) is 0.0454. The van der Waals surface area contributed by atoms with Crippen LogP contribution in [0.2, 0.25) is 0 Å². The number of hydrogen-bond acceptors (Lipinski definition) is 11. The maximum absolute atomic E-state index is 13.1. The molecule has 5 aromatic rings. The number of alkyl halides is 4. The Morgan fingerprint density at radius 3 is 1.23 bits per heavy atom. The van der Waals surface area contributed by atoms with E-state index in [9.17, 15) is 37.1 Å². The van der Waals surface area contributed by atoms with Gasteiger partial charge in [0.1, 0.15) is 16.8 Å². The highest BCUT2D eigenvalue weighted by molar-refractivity contribution is 9.08. The molecular weight excluding hydrogens is 1370 g/mol. The van der Waals surface area contributed by atoms with Crippen molar-refractivity contribution in [3.05, 3.63) is 162 Å². The van der Waals surface area contributed by atoms with Crippen LogP contribution >= 0.6 is 15.9 Å². The van der Waals surface area contributed by atoms with Gasteiger partial charge in [-0.05, 0) is 226 Å². The van der Waals surface area contributed by atoms with Crippen LogP contribution in [0.1, 0.15) is 215 Å². The Morgan fingerprint density at radius 2 is 0.887 bits per heavy atom. The van der Waals surface area contributed by atoms with Gasteiger partial charge >= 0.3 is 30.4 Å². The van der Waals surface area contributed by atoms with Crippen LogP contribution < -0.4 is 37.9 Å². The predicted molar refractivity (Wildman–Crippen MR) is 373 cm³/mol. The minimum Gasteiger partial charge on any atom is -1.00 e. The number of halogens is 5. The number of nitrogens with two attached hydrogens (primary N) is 1. The van der Waals surface area contributed by atoms with Crippen molar-refractivity contribution in [2.24, 2.45) is 23.5 Å². The number of nitrogens with zero attached hydrogens (tertiary/aromatic N) is 6. The molecule has 3 saturated heterocycles. The van der Waals surface area contributed by atoms with Gasteiger partial charge in [-0.2, -0.15) is 13.2 Å². The lowest BCUT2D eigenvalue weighted by atomic mass is 9.90. The number of carbonyl (C=O) groups is 5. The minimum absolute atomic E-state index is 0. The van der Waals surface area contributed by atoms with Gasteiger partial charge in [0, 0.05) is 97.0 Å². The second kappa shape index (κ2) is 36.4. The third-order valence-electron chi connectivity index (χ3n) is 17.0. The van der Waals surface area contributed by atoms with Gasteiger partial charge in [-0.25, -0.2) is 19.0 Å². The molecular formula is C75H108Br2F3N9O8. The molecule has 6 heterocycles. The van der Waals surface area contributed by atoms with Crippen LogP contribution in [0, 0.1) is 17.8 Å². The Balaban J connectivity index is 0.000000296. The summed E-state index contributed by atoms with van der Waals surface area (Å²) in [6.45, 7) is 33.2. The van der Waals surface area contributed by atoms with Crippen LogP contribution in [-0.2, 0) is 35.7 Å². The van der Waals surface area contributed by atoms with Gasteiger partial charge < -0.3 is 62.3 Å². The third-order valence-corrected chi connectivity index (χ3v) is 17.7. The summed E-state index contributed by atoms with van der Waals surface area (Å²) in [4.78, 5) is 74.7. The first-order chi connectivity index (χ1) is 44.6. The highest BCUT2D eigenvalue weighted by atomic mass is 79.9. The van der Waals surface area contributed by atoms with E-state index in [2.05, 4.69) is 76.4 Å². The van der Waals surface area contributed by atoms with Gasteiger partial charge in [0.15, 0.2) is 18.9 Å². The monoisotopic (exact) mass is 1480 g/mol. The molecule has 6 atom stereocenters. The molecule has 8 rings (SSSR count). The van der Waals surface area contributed by atoms with Crippen molar-refractivity contribution in [1.82, 2.24) is 35.3 Å². The van der Waals surface area contributed by atoms with E-state index < -0.39 is 46.6 Å². The number of amides is 5. The maximum atomic E-state index is 13.1. The molecule has 3 aliphatic heterocycles. The van der Waals surface area contributed by atoms with E-state index in [-0.39, 0.29) is 64.2 Å². The minimum atomic E-state index is -4.97. The summed E-state index contributed by atoms with van der Waals surface area (Å²) in [5, 5.41) is 6.16. The van der Waals surface area contributed by atoms with Crippen molar-refractivity contribution in [2.45, 2.75) is 238 Å². The van der Waals surface area contributed by atoms with Gasteiger partial charge in [0.25, 0.3) is 0 Å². The van der Waals surface area contributed by atoms with Crippen molar-refractivity contribution in [3.8, 4) is 0 Å². The zero-order valence-corrected chi connectivity index (χ0v) is 63.2. The van der Waals surface area contributed by atoms with E-state index >= 15 is 0 Å². The standard InChI is InChI=1S/C28H36F3N3O3.C21H33N3O3.C19H31N3O2.C7H7Br.BrH/c1-26(2,3)37-25(36)34-19-21(17-27(34,4)5)11-12-23(32-24(35)28(29,30)31)22-13-15-33(16-14-22)18-20-9-7-6-8-10-20;1-15(25)23-18(17-9-11-22-12-10-17)8-7-16-13-21(5,6)24(14-16)19(26)27-20(2,3)4;1-18(2,3)24-17(23)22-13-14(12-19(22,4)5)6-7-16(20)15-8-10-21-11-9-15;8-6-7-4-2-1-3-5-7;/h6-10,13-16,21,23H,11-12,17-19H2,1-5H3;9-12,16,18H,7-8,13-14H2,1-6H3,(H,23,25);8-11,14,16H,6-7,12-13,20H2,1-5H3;1-5H,6H2;1H/t21-,23?;16-,18?;14-,16?;;/m000../s1. The molecule has 2 aromatic carbocycles. The summed E-state index contributed by atoms with van der Waals surface area (Å²) in [6, 6.07) is 30.6. The fourth-order valence-electron chi connectivity index (χ4n) is 12.5. The van der Waals surface area contributed by atoms with Gasteiger partial charge in [0.2, 0.25) is 5.91 Å². The van der Waals surface area contributed by atoms with Crippen molar-refractivity contribution in [2.75, 3.05) is 19.6 Å². The Kier molecular flexibility index (Phi) is 31.1. The molecule has 0 aliphatic carbocycles. The molecule has 0 radical (unpaired) electrons. The highest BCUT2D eigenvalue weighted by Crippen LogP contribution is 2.40. The molecule has 0 spiro atoms. The molecule has 3 aliphatic rings. The number of nitrogens with one attached hydrogen (secondary N) is 2. The predicted octanol–water partition coefficient (Wildman–Crippen LogP) is 13.1. The third kappa shape index (κ3) is 28.6. The SMILES string of the molecule is BrCc1ccccc1.CC(=O)NC(CC[C@@H]1CN(C(=O)OC(C)(C)C)C(C)(C)C1)c1ccncc1.CC(C)(C)OC(=O)N1C[C@@H](CCC(N)c2ccncc2)CC1(C)C.CC(C)(C)OC(=O)N1C[C@@H](CCC(NC(=O)C(F)(F)F)c2cc[n+](Cc3ccccc3)cc2)CC1(C)C.[Br-]. The topological polar surface area (TPSA) is 202 Å². The van der Waals surface area contributed by atoms with E-state index in [4.69, 9.17) is 19.9 Å². The van der Waals surface area contributed by atoms with Crippen LogP contribution in [0.15, 0.2) is 134 Å². The molecule has 0 saturated carbocycles. The number of likely N-dealkylation sites (tertiary alicyclic amines) is 3. The van der Waals surface area contributed by atoms with Crippen molar-refractivity contribution in [1.29, 1.82) is 0 Å². The van der Waals surface area contributed by atoms with Gasteiger partial charge in [-0.1, -0.05) is 76.6 Å². The molecule has 536 valence electrons. The number of rotatable bonds is 17. The fourth-order valence-corrected chi connectivity index (χ4v) is 12.9. The van der Waals surface area contributed by atoms with E-state index in [0.29, 0.717) is 56.3 Å². The second-order valence-corrected chi connectivity index (χ2v) is 31.1. The lowest BCUT2D eigenvalue weighted by Crippen LogP contribution is -3.00. The van der Waals surface area contributed by atoms with Crippen molar-refractivity contribution >= 4 is 46.0 Å². The molecule has 5 amide bonds. The first-order valence-corrected chi connectivity index (χ1v) is 34.6. The van der Waals surface area contributed by atoms with Crippen molar-refractivity contribution < 1.29 is 72.9 Å². The molecule has 17 nitrogen and oxygen atoms in total. The van der Waals surface area contributed by atoms with Crippen molar-refractivity contribution in [3.63, 3.8) is 0 Å². The van der Waals surface area contributed by atoms with E-state index in [1.165, 1.54) is 12.5 Å². The number of aromatic nitrogens is 3. The van der Waals surface area contributed by atoms with E-state index in [1.807, 2.05) is 163 Å². The summed E-state index contributed by atoms with van der Waals surface area (Å²) in [5.74, 6) is -1.09. The van der Waals surface area contributed by atoms with Gasteiger partial charge in [-0.15, -0.1) is 0 Å². The first kappa shape index (κ1) is 82.8. The van der Waals surface area contributed by atoms with Gasteiger partial charge in [-0.3, -0.25) is 19.6 Å². The number of ether oxygens (including phenoxy) is 3. The van der Waals surface area contributed by atoms with Crippen LogP contribution in [0.4, 0.5) is 27.6 Å². The molecule has 97 heavy (non-hydrogen) atoms. The van der Waals surface area contributed by atoms with E-state index in [0.717, 1.165) is 67.1 Å². The average Bonchev–Trinajstić information content (AvgIpc) is 1.68. The summed E-state index contributed by atoms with van der Waals surface area (Å²) in [5.41, 5.74) is 9.06. The molecule has 3 aromatic heterocycles. The lowest BCUT2D eigenvalue weighted by Gasteiger charge is -2.33.